The van der Waals surface area contributed by atoms with Gasteiger partial charge in [0.2, 0.25) is 5.91 Å². The number of aryl methyl sites for hydroxylation is 2. The van der Waals surface area contributed by atoms with Crippen LogP contribution >= 0.6 is 0 Å². The molecule has 3 aromatic carbocycles. The summed E-state index contributed by atoms with van der Waals surface area (Å²) in [5, 5.41) is 6.63. The summed E-state index contributed by atoms with van der Waals surface area (Å²) in [5.41, 5.74) is 6.66. The summed E-state index contributed by atoms with van der Waals surface area (Å²) >= 11 is 0. The Morgan fingerprint density at radius 2 is 1.73 bits per heavy atom. The molecule has 4 rings (SSSR count). The van der Waals surface area contributed by atoms with E-state index >= 15 is 0 Å². The molecule has 0 atom stereocenters. The van der Waals surface area contributed by atoms with Gasteiger partial charge in [-0.05, 0) is 72.9 Å². The molecule has 5 nitrogen and oxygen atoms in total. The number of carbonyl (C=O) groups is 2. The molecule has 2 amide bonds. The Labute approximate surface area is 192 Å². The normalized spacial score (nSPS) is 10.9. The van der Waals surface area contributed by atoms with E-state index in [2.05, 4.69) is 15.6 Å². The van der Waals surface area contributed by atoms with E-state index in [4.69, 9.17) is 0 Å². The highest BCUT2D eigenvalue weighted by Crippen LogP contribution is 2.28. The number of hydrogen-bond donors (Lipinski definition) is 3. The van der Waals surface area contributed by atoms with Crippen molar-refractivity contribution in [2.24, 2.45) is 0 Å². The summed E-state index contributed by atoms with van der Waals surface area (Å²) < 4.78 is 14.1. The molecule has 0 spiro atoms. The van der Waals surface area contributed by atoms with E-state index in [-0.39, 0.29) is 17.6 Å². The van der Waals surface area contributed by atoms with Crippen molar-refractivity contribution in [2.75, 3.05) is 11.9 Å². The van der Waals surface area contributed by atoms with E-state index in [0.29, 0.717) is 24.0 Å². The fourth-order valence-electron chi connectivity index (χ4n) is 4.15. The van der Waals surface area contributed by atoms with Gasteiger partial charge in [0.1, 0.15) is 5.82 Å². The van der Waals surface area contributed by atoms with Gasteiger partial charge in [-0.25, -0.2) is 4.39 Å². The first kappa shape index (κ1) is 22.3. The third-order valence-corrected chi connectivity index (χ3v) is 5.75. The molecule has 0 radical (unpaired) electrons. The second-order valence-electron chi connectivity index (χ2n) is 8.19. The molecule has 1 aromatic heterocycles. The van der Waals surface area contributed by atoms with Crippen molar-refractivity contribution < 1.29 is 14.0 Å². The summed E-state index contributed by atoms with van der Waals surface area (Å²) in [6.45, 7) is 5.81. The lowest BCUT2D eigenvalue weighted by atomic mass is 10.0. The Balaban J connectivity index is 1.42. The predicted molar refractivity (Wildman–Crippen MR) is 130 cm³/mol. The molecule has 0 aliphatic rings. The number of hydrogen-bond acceptors (Lipinski definition) is 2. The summed E-state index contributed by atoms with van der Waals surface area (Å²) in [4.78, 5) is 27.1. The molecule has 0 saturated heterocycles. The highest BCUT2D eigenvalue weighted by atomic mass is 19.1. The van der Waals surface area contributed by atoms with Crippen LogP contribution < -0.4 is 10.6 Å². The van der Waals surface area contributed by atoms with Crippen LogP contribution in [0.15, 0.2) is 60.7 Å². The minimum absolute atomic E-state index is 0.123. The van der Waals surface area contributed by atoms with Crippen molar-refractivity contribution in [3.63, 3.8) is 0 Å². The molecule has 1 heterocycles. The Bertz CT molecular complexity index is 1340. The van der Waals surface area contributed by atoms with Gasteiger partial charge in [0.25, 0.3) is 5.91 Å². The molecule has 0 unspecified atom stereocenters. The van der Waals surface area contributed by atoms with Gasteiger partial charge in [-0.3, -0.25) is 9.59 Å². The van der Waals surface area contributed by atoms with E-state index in [1.54, 1.807) is 18.2 Å². The van der Waals surface area contributed by atoms with Gasteiger partial charge in [-0.15, -0.1) is 0 Å². The third-order valence-electron chi connectivity index (χ3n) is 5.75. The lowest BCUT2D eigenvalue weighted by Gasteiger charge is -2.09. The van der Waals surface area contributed by atoms with Crippen LogP contribution in [0, 0.1) is 19.7 Å². The van der Waals surface area contributed by atoms with Crippen LogP contribution in [-0.4, -0.2) is 23.3 Å². The molecule has 4 aromatic rings. The number of amides is 2. The Morgan fingerprint density at radius 3 is 2.45 bits per heavy atom. The highest BCUT2D eigenvalue weighted by molar-refractivity contribution is 5.95. The molecule has 0 aliphatic carbocycles. The van der Waals surface area contributed by atoms with E-state index in [1.807, 2.05) is 50.2 Å². The van der Waals surface area contributed by atoms with Crippen LogP contribution in [0.1, 0.15) is 34.1 Å². The maximum Gasteiger partial charge on any atom is 0.251 e. The number of aromatic nitrogens is 1. The molecule has 0 bridgehead atoms. The summed E-state index contributed by atoms with van der Waals surface area (Å²) in [6.07, 6.45) is 0.607. The molecular formula is C27H26FN3O2. The zero-order chi connectivity index (χ0) is 23.5. The van der Waals surface area contributed by atoms with Crippen LogP contribution in [0.4, 0.5) is 10.1 Å². The van der Waals surface area contributed by atoms with Crippen LogP contribution in [0.3, 0.4) is 0 Å². The van der Waals surface area contributed by atoms with Crippen molar-refractivity contribution in [1.82, 2.24) is 10.3 Å². The molecular weight excluding hydrogens is 417 g/mol. The number of nitrogens with one attached hydrogen (secondary N) is 3. The number of H-pyrrole nitrogens is 1. The molecule has 6 heteroatoms. The number of rotatable bonds is 6. The van der Waals surface area contributed by atoms with Crippen molar-refractivity contribution in [1.29, 1.82) is 0 Å². The largest absolute Gasteiger partial charge is 0.356 e. The van der Waals surface area contributed by atoms with Crippen molar-refractivity contribution in [2.45, 2.75) is 27.2 Å². The maximum absolute atomic E-state index is 14.1. The predicted octanol–water partition coefficient (Wildman–Crippen LogP) is 5.52. The van der Waals surface area contributed by atoms with Crippen LogP contribution in [0.2, 0.25) is 0 Å². The van der Waals surface area contributed by atoms with Gasteiger partial charge in [0.05, 0.1) is 5.52 Å². The fourth-order valence-corrected chi connectivity index (χ4v) is 4.15. The first-order valence-corrected chi connectivity index (χ1v) is 10.9. The number of benzene rings is 3. The number of halogens is 1. The fraction of sp³-hybridized carbons (Fsp3) is 0.185. The average Bonchev–Trinajstić information content (AvgIpc) is 3.13. The lowest BCUT2D eigenvalue weighted by Crippen LogP contribution is -2.25. The summed E-state index contributed by atoms with van der Waals surface area (Å²) in [5.74, 6) is -0.548. The van der Waals surface area contributed by atoms with Gasteiger partial charge in [-0.1, -0.05) is 30.3 Å². The van der Waals surface area contributed by atoms with E-state index in [0.717, 1.165) is 39.0 Å². The number of carbonyl (C=O) groups excluding carboxylic acids is 2. The minimum atomic E-state index is -0.267. The van der Waals surface area contributed by atoms with Crippen molar-refractivity contribution in [3.8, 4) is 11.1 Å². The third kappa shape index (κ3) is 4.80. The zero-order valence-electron chi connectivity index (χ0n) is 18.9. The van der Waals surface area contributed by atoms with Gasteiger partial charge in [0, 0.05) is 35.8 Å². The van der Waals surface area contributed by atoms with Gasteiger partial charge in [-0.2, -0.15) is 0 Å². The number of anilines is 1. The first-order chi connectivity index (χ1) is 15.8. The second-order valence-corrected chi connectivity index (χ2v) is 8.19. The molecule has 0 aliphatic heterocycles. The molecule has 0 fully saturated rings. The number of aromatic amines is 1. The quantitative estimate of drug-likeness (QED) is 0.367. The molecule has 33 heavy (non-hydrogen) atoms. The van der Waals surface area contributed by atoms with E-state index in [9.17, 15) is 14.0 Å². The van der Waals surface area contributed by atoms with Crippen molar-refractivity contribution in [3.05, 3.63) is 88.9 Å². The molecule has 3 N–H and O–H groups in total. The Kier molecular flexibility index (Phi) is 6.27. The van der Waals surface area contributed by atoms with Gasteiger partial charge < -0.3 is 15.6 Å². The van der Waals surface area contributed by atoms with E-state index in [1.165, 1.54) is 13.0 Å². The maximum atomic E-state index is 14.1. The first-order valence-electron chi connectivity index (χ1n) is 10.9. The summed E-state index contributed by atoms with van der Waals surface area (Å²) in [6, 6.07) is 18.1. The SMILES string of the molecule is CC(=O)Nc1cccc(-c2ccc(C(=O)NCCc3c(C)[nH]c4c(F)ccc(C)c34)cc2)c1. The second kappa shape index (κ2) is 9.28. The van der Waals surface area contributed by atoms with E-state index < -0.39 is 0 Å². The topological polar surface area (TPSA) is 74.0 Å². The lowest BCUT2D eigenvalue weighted by molar-refractivity contribution is -0.114. The standard InChI is InChI=1S/C27H26FN3O2/c1-16-7-12-24(28)26-25(16)23(17(2)30-26)13-14-29-27(33)20-10-8-19(9-11-20)21-5-4-6-22(15-21)31-18(3)32/h4-12,15,30H,13-14H2,1-3H3,(H,29,33)(H,31,32). The zero-order valence-corrected chi connectivity index (χ0v) is 18.9. The molecule has 168 valence electrons. The van der Waals surface area contributed by atoms with Crippen LogP contribution in [-0.2, 0) is 11.2 Å². The molecule has 0 saturated carbocycles. The number of fused-ring (bicyclic) bond motifs is 1. The van der Waals surface area contributed by atoms with Gasteiger partial charge >= 0.3 is 0 Å². The Hall–Kier alpha value is -3.93. The van der Waals surface area contributed by atoms with Crippen molar-refractivity contribution >= 4 is 28.4 Å². The smallest absolute Gasteiger partial charge is 0.251 e. The van der Waals surface area contributed by atoms with Crippen LogP contribution in [0.25, 0.3) is 22.0 Å². The summed E-state index contributed by atoms with van der Waals surface area (Å²) in [7, 11) is 0. The van der Waals surface area contributed by atoms with Gasteiger partial charge in [0.15, 0.2) is 0 Å². The highest BCUT2D eigenvalue weighted by Gasteiger charge is 2.14. The monoisotopic (exact) mass is 443 g/mol. The minimum Gasteiger partial charge on any atom is -0.356 e. The van der Waals surface area contributed by atoms with Crippen LogP contribution in [0.5, 0.6) is 0 Å². The average molecular weight is 444 g/mol. The Morgan fingerprint density at radius 1 is 0.970 bits per heavy atom.